The minimum absolute atomic E-state index is 0.254. The Hall–Kier alpha value is -2.24. The van der Waals surface area contributed by atoms with Gasteiger partial charge in [0.25, 0.3) is 0 Å². The fourth-order valence-electron chi connectivity index (χ4n) is 2.60. The van der Waals surface area contributed by atoms with Crippen LogP contribution in [-0.4, -0.2) is 34.3 Å². The van der Waals surface area contributed by atoms with E-state index in [-0.39, 0.29) is 6.54 Å². The predicted molar refractivity (Wildman–Crippen MR) is 76.2 cm³/mol. The lowest BCUT2D eigenvalue weighted by Crippen LogP contribution is -2.63. The van der Waals surface area contributed by atoms with Crippen LogP contribution >= 0.6 is 0 Å². The van der Waals surface area contributed by atoms with E-state index in [4.69, 9.17) is 0 Å². The Balaban J connectivity index is 2.16. The molecule has 1 fully saturated rings. The third-order valence-electron chi connectivity index (χ3n) is 4.14. The number of carbonyl (C=O) groups is 3. The molecule has 4 amide bonds. The van der Waals surface area contributed by atoms with E-state index in [1.807, 2.05) is 12.1 Å². The van der Waals surface area contributed by atoms with Crippen LogP contribution in [-0.2, 0) is 16.0 Å². The first-order valence-electron chi connectivity index (χ1n) is 7.11. The minimum atomic E-state index is -1.12. The second-order valence-electron chi connectivity index (χ2n) is 5.11. The van der Waals surface area contributed by atoms with Crippen LogP contribution in [0.3, 0.4) is 0 Å². The minimum Gasteiger partial charge on any atom is -0.277 e. The number of urea groups is 1. The molecule has 2 heterocycles. The Labute approximate surface area is 123 Å². The number of hydrogen-bond donors (Lipinski definition) is 1. The van der Waals surface area contributed by atoms with Gasteiger partial charge in [-0.25, -0.2) is 4.79 Å². The van der Waals surface area contributed by atoms with E-state index in [1.165, 1.54) is 0 Å². The van der Waals surface area contributed by atoms with Gasteiger partial charge >= 0.3 is 6.03 Å². The normalized spacial score (nSPS) is 17.8. The fourth-order valence-corrected chi connectivity index (χ4v) is 2.60. The molecule has 1 saturated heterocycles. The number of nitrogens with one attached hydrogen (secondary N) is 1. The van der Waals surface area contributed by atoms with E-state index in [0.29, 0.717) is 19.3 Å². The van der Waals surface area contributed by atoms with Gasteiger partial charge in [0.1, 0.15) is 5.41 Å². The van der Waals surface area contributed by atoms with Crippen molar-refractivity contribution in [2.45, 2.75) is 33.1 Å². The summed E-state index contributed by atoms with van der Waals surface area (Å²) in [5.41, 5.74) is -0.132. The molecule has 0 radical (unpaired) electrons. The number of carbonyl (C=O) groups excluding carboxylic acids is 3. The monoisotopic (exact) mass is 289 g/mol. The molecular formula is C15H19N3O3. The highest BCUT2D eigenvalue weighted by atomic mass is 16.2. The van der Waals surface area contributed by atoms with Crippen LogP contribution in [0.4, 0.5) is 4.79 Å². The third-order valence-corrected chi connectivity index (χ3v) is 4.14. The Kier molecular flexibility index (Phi) is 4.35. The molecule has 0 aliphatic carbocycles. The molecule has 0 atom stereocenters. The fraction of sp³-hybridized carbons (Fsp3) is 0.467. The number of hydrogen-bond acceptors (Lipinski definition) is 4. The summed E-state index contributed by atoms with van der Waals surface area (Å²) in [6, 6.07) is 3.05. The molecule has 6 heteroatoms. The first-order chi connectivity index (χ1) is 10.0. The maximum atomic E-state index is 12.6. The van der Waals surface area contributed by atoms with Crippen molar-refractivity contribution in [3.8, 4) is 0 Å². The molecular weight excluding hydrogens is 270 g/mol. The van der Waals surface area contributed by atoms with Crippen LogP contribution in [0.2, 0.25) is 0 Å². The zero-order chi connectivity index (χ0) is 15.5. The predicted octanol–water partition coefficient (Wildman–Crippen LogP) is 1.51. The average molecular weight is 289 g/mol. The molecule has 0 spiro atoms. The van der Waals surface area contributed by atoms with Crippen LogP contribution in [0, 0.1) is 5.41 Å². The van der Waals surface area contributed by atoms with E-state index in [1.54, 1.807) is 26.2 Å². The summed E-state index contributed by atoms with van der Waals surface area (Å²) in [7, 11) is 0. The molecule has 0 aromatic carbocycles. The van der Waals surface area contributed by atoms with Crippen molar-refractivity contribution in [2.75, 3.05) is 6.54 Å². The van der Waals surface area contributed by atoms with Crippen LogP contribution in [0.5, 0.6) is 0 Å². The van der Waals surface area contributed by atoms with Gasteiger partial charge in [-0.2, -0.15) is 0 Å². The van der Waals surface area contributed by atoms with Crippen LogP contribution in [0.1, 0.15) is 32.3 Å². The number of imide groups is 2. The summed E-state index contributed by atoms with van der Waals surface area (Å²) in [5, 5.41) is 2.30. The Bertz CT molecular complexity index is 553. The first-order valence-corrected chi connectivity index (χ1v) is 7.11. The van der Waals surface area contributed by atoms with Gasteiger partial charge in [0.05, 0.1) is 0 Å². The van der Waals surface area contributed by atoms with Gasteiger partial charge in [0, 0.05) is 18.9 Å². The maximum Gasteiger partial charge on any atom is 0.330 e. The topological polar surface area (TPSA) is 79.4 Å². The van der Waals surface area contributed by atoms with Crippen molar-refractivity contribution < 1.29 is 14.4 Å². The van der Waals surface area contributed by atoms with Crippen molar-refractivity contribution in [3.63, 3.8) is 0 Å². The molecule has 112 valence electrons. The molecule has 1 aliphatic heterocycles. The maximum absolute atomic E-state index is 12.6. The molecule has 1 aromatic heterocycles. The summed E-state index contributed by atoms with van der Waals surface area (Å²) < 4.78 is 0. The second kappa shape index (κ2) is 6.03. The van der Waals surface area contributed by atoms with Gasteiger partial charge in [0.15, 0.2) is 0 Å². The Morgan fingerprint density at radius 3 is 2.33 bits per heavy atom. The molecule has 1 aromatic rings. The summed E-state index contributed by atoms with van der Waals surface area (Å²) in [4.78, 5) is 41.6. The van der Waals surface area contributed by atoms with E-state index in [2.05, 4.69) is 10.3 Å². The number of pyridine rings is 1. The molecule has 0 bridgehead atoms. The van der Waals surface area contributed by atoms with E-state index in [0.717, 1.165) is 10.5 Å². The summed E-state index contributed by atoms with van der Waals surface area (Å²) in [6.07, 6.45) is 4.64. The van der Waals surface area contributed by atoms with E-state index >= 15 is 0 Å². The summed E-state index contributed by atoms with van der Waals surface area (Å²) in [5.74, 6) is -0.877. The molecule has 21 heavy (non-hydrogen) atoms. The van der Waals surface area contributed by atoms with Crippen molar-refractivity contribution in [2.24, 2.45) is 5.41 Å². The van der Waals surface area contributed by atoms with Gasteiger partial charge in [-0.15, -0.1) is 0 Å². The molecule has 2 rings (SSSR count). The molecule has 1 N–H and O–H groups in total. The van der Waals surface area contributed by atoms with Crippen molar-refractivity contribution in [3.05, 3.63) is 30.1 Å². The standard InChI is InChI=1S/C15H19N3O3/c1-3-15(4-2)12(19)17-14(21)18(13(15)20)10-7-11-5-8-16-9-6-11/h5-6,8-9H,3-4,7,10H2,1-2H3,(H,17,19,21). The highest BCUT2D eigenvalue weighted by molar-refractivity contribution is 6.19. The number of amides is 4. The molecule has 0 unspecified atom stereocenters. The Morgan fingerprint density at radius 1 is 1.14 bits per heavy atom. The smallest absolute Gasteiger partial charge is 0.277 e. The second-order valence-corrected chi connectivity index (χ2v) is 5.11. The number of barbiturate groups is 1. The van der Waals surface area contributed by atoms with Crippen LogP contribution in [0.25, 0.3) is 0 Å². The van der Waals surface area contributed by atoms with E-state index in [9.17, 15) is 14.4 Å². The quantitative estimate of drug-likeness (QED) is 0.833. The van der Waals surface area contributed by atoms with Crippen molar-refractivity contribution in [1.82, 2.24) is 15.2 Å². The number of rotatable bonds is 5. The van der Waals surface area contributed by atoms with Crippen molar-refractivity contribution in [1.29, 1.82) is 0 Å². The summed E-state index contributed by atoms with van der Waals surface area (Å²) in [6.45, 7) is 3.83. The number of nitrogens with zero attached hydrogens (tertiary/aromatic N) is 2. The highest BCUT2D eigenvalue weighted by Gasteiger charge is 2.51. The van der Waals surface area contributed by atoms with Gasteiger partial charge in [-0.05, 0) is 37.0 Å². The van der Waals surface area contributed by atoms with Crippen molar-refractivity contribution >= 4 is 17.8 Å². The van der Waals surface area contributed by atoms with Gasteiger partial charge in [-0.1, -0.05) is 13.8 Å². The lowest BCUT2D eigenvalue weighted by atomic mass is 9.78. The highest BCUT2D eigenvalue weighted by Crippen LogP contribution is 2.32. The van der Waals surface area contributed by atoms with Gasteiger partial charge in [-0.3, -0.25) is 24.8 Å². The lowest BCUT2D eigenvalue weighted by molar-refractivity contribution is -0.152. The number of aromatic nitrogens is 1. The zero-order valence-electron chi connectivity index (χ0n) is 12.3. The SMILES string of the molecule is CCC1(CC)C(=O)NC(=O)N(CCc2ccncc2)C1=O. The van der Waals surface area contributed by atoms with Crippen LogP contribution in [0.15, 0.2) is 24.5 Å². The molecule has 0 saturated carbocycles. The first kappa shape index (κ1) is 15.2. The van der Waals surface area contributed by atoms with Gasteiger partial charge in [0.2, 0.25) is 11.8 Å². The van der Waals surface area contributed by atoms with Gasteiger partial charge < -0.3 is 0 Å². The summed E-state index contributed by atoms with van der Waals surface area (Å²) >= 11 is 0. The Morgan fingerprint density at radius 2 is 1.76 bits per heavy atom. The van der Waals surface area contributed by atoms with E-state index < -0.39 is 23.3 Å². The molecule has 1 aliphatic rings. The largest absolute Gasteiger partial charge is 0.330 e. The average Bonchev–Trinajstić information content (AvgIpc) is 2.49. The zero-order valence-corrected chi connectivity index (χ0v) is 12.3. The van der Waals surface area contributed by atoms with Crippen LogP contribution < -0.4 is 5.32 Å². The lowest BCUT2D eigenvalue weighted by Gasteiger charge is -2.38. The third kappa shape index (κ3) is 2.66. The molecule has 6 nitrogen and oxygen atoms in total.